The van der Waals surface area contributed by atoms with Crippen molar-refractivity contribution in [3.63, 3.8) is 0 Å². The molecule has 26 heavy (non-hydrogen) atoms. The Balaban J connectivity index is 2.09. The third-order valence-corrected chi connectivity index (χ3v) is 6.03. The second-order valence-electron chi connectivity index (χ2n) is 6.33. The lowest BCUT2D eigenvalue weighted by atomic mass is 10.0. The second-order valence-corrected chi connectivity index (χ2v) is 8.89. The van der Waals surface area contributed by atoms with Gasteiger partial charge in [0, 0.05) is 11.3 Å². The van der Waals surface area contributed by atoms with Crippen molar-refractivity contribution in [2.45, 2.75) is 23.8 Å². The highest BCUT2D eigenvalue weighted by molar-refractivity contribution is 7.99. The molecule has 3 rings (SSSR count). The van der Waals surface area contributed by atoms with E-state index in [1.54, 1.807) is 23.9 Å². The summed E-state index contributed by atoms with van der Waals surface area (Å²) >= 11 is 1.60. The number of hydrogen-bond acceptors (Lipinski definition) is 5. The molecule has 0 fully saturated rings. The van der Waals surface area contributed by atoms with Gasteiger partial charge in [-0.25, -0.2) is 13.6 Å². The van der Waals surface area contributed by atoms with Gasteiger partial charge in [0.1, 0.15) is 5.69 Å². The topological polar surface area (TPSA) is 86.2 Å². The van der Waals surface area contributed by atoms with Gasteiger partial charge in [0.25, 0.3) is 0 Å². The van der Waals surface area contributed by atoms with Crippen molar-refractivity contribution < 1.29 is 12.9 Å². The summed E-state index contributed by atoms with van der Waals surface area (Å²) in [4.78, 5) is 0.0790. The molecule has 0 unspecified atom stereocenters. The summed E-state index contributed by atoms with van der Waals surface area (Å²) in [6.45, 7) is 4.28. The standard InChI is InChI=1S/C19H20N2O3S2/c1-13(2)12-25-19-17(14-8-10-16(11-9-14)26(20,22)23)18(21-24-19)15-6-4-3-5-7-15/h3-11,13H,12H2,1-2H3,(H2,20,22,23). The first-order chi connectivity index (χ1) is 12.4. The van der Waals surface area contributed by atoms with E-state index < -0.39 is 10.0 Å². The lowest BCUT2D eigenvalue weighted by Gasteiger charge is -2.07. The van der Waals surface area contributed by atoms with Crippen LogP contribution in [0.3, 0.4) is 0 Å². The van der Waals surface area contributed by atoms with Crippen LogP contribution < -0.4 is 5.14 Å². The van der Waals surface area contributed by atoms with Crippen LogP contribution in [0.1, 0.15) is 13.8 Å². The van der Waals surface area contributed by atoms with Crippen LogP contribution in [-0.2, 0) is 10.0 Å². The molecule has 0 saturated carbocycles. The van der Waals surface area contributed by atoms with Crippen LogP contribution in [0, 0.1) is 5.92 Å². The Bertz CT molecular complexity index is 979. The molecule has 0 saturated heterocycles. The zero-order valence-corrected chi connectivity index (χ0v) is 16.2. The summed E-state index contributed by atoms with van der Waals surface area (Å²) in [5.74, 6) is 1.40. The predicted molar refractivity (Wildman–Crippen MR) is 104 cm³/mol. The Labute approximate surface area is 157 Å². The second kappa shape index (κ2) is 7.65. The number of nitrogens with two attached hydrogens (primary N) is 1. The van der Waals surface area contributed by atoms with Gasteiger partial charge in [-0.3, -0.25) is 0 Å². The Kier molecular flexibility index (Phi) is 5.50. The fraction of sp³-hybridized carbons (Fsp3) is 0.211. The number of nitrogens with zero attached hydrogens (tertiary/aromatic N) is 1. The lowest BCUT2D eigenvalue weighted by molar-refractivity contribution is 0.352. The highest BCUT2D eigenvalue weighted by Gasteiger charge is 2.20. The van der Waals surface area contributed by atoms with Crippen molar-refractivity contribution >= 4 is 21.8 Å². The van der Waals surface area contributed by atoms with Gasteiger partial charge in [0.2, 0.25) is 15.1 Å². The molecule has 136 valence electrons. The van der Waals surface area contributed by atoms with Crippen molar-refractivity contribution in [3.8, 4) is 22.4 Å². The van der Waals surface area contributed by atoms with Crippen molar-refractivity contribution in [3.05, 3.63) is 54.6 Å². The van der Waals surface area contributed by atoms with E-state index in [4.69, 9.17) is 9.66 Å². The Morgan fingerprint density at radius 2 is 1.69 bits per heavy atom. The molecular weight excluding hydrogens is 368 g/mol. The third-order valence-electron chi connectivity index (χ3n) is 3.73. The van der Waals surface area contributed by atoms with Crippen molar-refractivity contribution in [1.29, 1.82) is 0 Å². The third kappa shape index (κ3) is 4.17. The van der Waals surface area contributed by atoms with Gasteiger partial charge >= 0.3 is 0 Å². The van der Waals surface area contributed by atoms with Gasteiger partial charge in [-0.2, -0.15) is 0 Å². The van der Waals surface area contributed by atoms with Crippen molar-refractivity contribution in [1.82, 2.24) is 5.16 Å². The molecule has 3 aromatic rings. The quantitative estimate of drug-likeness (QED) is 0.632. The van der Waals surface area contributed by atoms with Gasteiger partial charge in [-0.15, -0.1) is 0 Å². The summed E-state index contributed by atoms with van der Waals surface area (Å²) < 4.78 is 28.6. The van der Waals surface area contributed by atoms with Gasteiger partial charge in [0.15, 0.2) is 0 Å². The first-order valence-corrected chi connectivity index (χ1v) is 10.7. The summed E-state index contributed by atoms with van der Waals surface area (Å²) in [6.07, 6.45) is 0. The predicted octanol–water partition coefficient (Wildman–Crippen LogP) is 4.40. The largest absolute Gasteiger partial charge is 0.349 e. The minimum absolute atomic E-state index is 0.0790. The van der Waals surface area contributed by atoms with E-state index in [0.29, 0.717) is 5.92 Å². The lowest BCUT2D eigenvalue weighted by Crippen LogP contribution is -2.11. The number of rotatable bonds is 6. The number of primary sulfonamides is 1. The first-order valence-electron chi connectivity index (χ1n) is 8.17. The van der Waals surface area contributed by atoms with E-state index in [1.165, 1.54) is 12.1 Å². The van der Waals surface area contributed by atoms with Gasteiger partial charge < -0.3 is 4.52 Å². The Morgan fingerprint density at radius 1 is 1.04 bits per heavy atom. The SMILES string of the molecule is CC(C)CSc1onc(-c2ccccc2)c1-c1ccc(S(N)(=O)=O)cc1. The van der Waals surface area contributed by atoms with Crippen molar-refractivity contribution in [2.24, 2.45) is 11.1 Å². The van der Waals surface area contributed by atoms with E-state index in [9.17, 15) is 8.42 Å². The van der Waals surface area contributed by atoms with Crippen molar-refractivity contribution in [2.75, 3.05) is 5.75 Å². The zero-order chi connectivity index (χ0) is 18.7. The molecule has 5 nitrogen and oxygen atoms in total. The number of aromatic nitrogens is 1. The normalized spacial score (nSPS) is 11.8. The van der Waals surface area contributed by atoms with Crippen LogP contribution >= 0.6 is 11.8 Å². The molecule has 0 aliphatic rings. The fourth-order valence-electron chi connectivity index (χ4n) is 2.47. The average molecular weight is 389 g/mol. The smallest absolute Gasteiger partial charge is 0.238 e. The van der Waals surface area contributed by atoms with E-state index in [2.05, 4.69) is 19.0 Å². The average Bonchev–Trinajstić information content (AvgIpc) is 3.04. The first kappa shape index (κ1) is 18.7. The summed E-state index contributed by atoms with van der Waals surface area (Å²) in [6, 6.07) is 16.2. The molecule has 0 radical (unpaired) electrons. The molecule has 0 aliphatic carbocycles. The molecule has 0 amide bonds. The summed E-state index contributed by atoms with van der Waals surface area (Å²) in [5.41, 5.74) is 3.38. The molecule has 0 aliphatic heterocycles. The molecule has 2 N–H and O–H groups in total. The minimum Gasteiger partial charge on any atom is -0.349 e. The van der Waals surface area contributed by atoms with Crippen LogP contribution in [0.5, 0.6) is 0 Å². The monoisotopic (exact) mass is 388 g/mol. The number of sulfonamides is 1. The Morgan fingerprint density at radius 3 is 2.27 bits per heavy atom. The highest BCUT2D eigenvalue weighted by Crippen LogP contribution is 2.40. The van der Waals surface area contributed by atoms with Gasteiger partial charge in [-0.1, -0.05) is 73.2 Å². The molecule has 7 heteroatoms. The number of thioether (sulfide) groups is 1. The Hall–Kier alpha value is -2.09. The fourth-order valence-corrected chi connectivity index (χ4v) is 3.92. The van der Waals surface area contributed by atoms with E-state index in [0.717, 1.165) is 33.2 Å². The maximum Gasteiger partial charge on any atom is 0.238 e. The van der Waals surface area contributed by atoms with E-state index in [1.807, 2.05) is 30.3 Å². The van der Waals surface area contributed by atoms with Crippen LogP contribution in [-0.4, -0.2) is 19.3 Å². The molecule has 0 atom stereocenters. The minimum atomic E-state index is -3.73. The molecule has 0 spiro atoms. The van der Waals surface area contributed by atoms with Crippen LogP contribution in [0.4, 0.5) is 0 Å². The van der Waals surface area contributed by atoms with Gasteiger partial charge in [0.05, 0.1) is 10.5 Å². The molecule has 0 bridgehead atoms. The van der Waals surface area contributed by atoms with E-state index >= 15 is 0 Å². The molecule has 2 aromatic carbocycles. The molecular formula is C19H20N2O3S2. The molecule has 1 aromatic heterocycles. The summed E-state index contributed by atoms with van der Waals surface area (Å²) in [5, 5.41) is 10.2. The number of hydrogen-bond donors (Lipinski definition) is 1. The van der Waals surface area contributed by atoms with Crippen LogP contribution in [0.25, 0.3) is 22.4 Å². The zero-order valence-electron chi connectivity index (χ0n) is 14.5. The molecule has 1 heterocycles. The maximum absolute atomic E-state index is 11.5. The van der Waals surface area contributed by atoms with Crippen LogP contribution in [0.2, 0.25) is 0 Å². The highest BCUT2D eigenvalue weighted by atomic mass is 32.2. The van der Waals surface area contributed by atoms with Crippen LogP contribution in [0.15, 0.2) is 69.1 Å². The summed E-state index contributed by atoms with van der Waals surface area (Å²) in [7, 11) is -3.73. The van der Waals surface area contributed by atoms with Gasteiger partial charge in [-0.05, 0) is 23.6 Å². The van der Waals surface area contributed by atoms with E-state index in [-0.39, 0.29) is 4.90 Å². The maximum atomic E-state index is 11.5. The number of benzene rings is 2.